The summed E-state index contributed by atoms with van der Waals surface area (Å²) in [7, 11) is 0. The first-order valence-corrected chi connectivity index (χ1v) is 5.39. The highest BCUT2D eigenvalue weighted by molar-refractivity contribution is 5.88. The third-order valence-corrected chi connectivity index (χ3v) is 2.75. The summed E-state index contributed by atoms with van der Waals surface area (Å²) in [4.78, 5) is 13.2. The Labute approximate surface area is 99.4 Å². The topological polar surface area (TPSA) is 79.3 Å². The Morgan fingerprint density at radius 1 is 1.47 bits per heavy atom. The number of nitrogens with zero attached hydrogens (tertiary/aromatic N) is 2. The molecule has 88 valence electrons. The van der Waals surface area contributed by atoms with E-state index in [1.807, 2.05) is 6.07 Å². The second-order valence-corrected chi connectivity index (χ2v) is 3.95. The molecule has 0 radical (unpaired) electrons. The van der Waals surface area contributed by atoms with Gasteiger partial charge in [-0.15, -0.1) is 0 Å². The Hall–Kier alpha value is -2.06. The number of amides is 1. The molecule has 1 unspecified atom stereocenters. The number of carbonyl (C=O) groups excluding carboxylic acids is 1. The largest absolute Gasteiger partial charge is 0.449 e. The fraction of sp³-hybridized carbons (Fsp3) is 0.333. The smallest absolute Gasteiger partial charge is 0.414 e. The summed E-state index contributed by atoms with van der Waals surface area (Å²) in [6, 6.07) is 8.85. The lowest BCUT2D eigenvalue weighted by Gasteiger charge is -2.31. The summed E-state index contributed by atoms with van der Waals surface area (Å²) >= 11 is 0. The van der Waals surface area contributed by atoms with Crippen LogP contribution in [0.25, 0.3) is 0 Å². The molecule has 0 aromatic heterocycles. The van der Waals surface area contributed by atoms with Crippen molar-refractivity contribution in [2.24, 2.45) is 11.7 Å². The van der Waals surface area contributed by atoms with Gasteiger partial charge in [-0.1, -0.05) is 0 Å². The van der Waals surface area contributed by atoms with E-state index in [0.717, 1.165) is 5.69 Å². The van der Waals surface area contributed by atoms with Crippen LogP contribution in [0.2, 0.25) is 0 Å². The van der Waals surface area contributed by atoms with E-state index in [4.69, 9.17) is 15.7 Å². The summed E-state index contributed by atoms with van der Waals surface area (Å²) in [6.45, 7) is 1.42. The Morgan fingerprint density at radius 2 is 2.18 bits per heavy atom. The van der Waals surface area contributed by atoms with Gasteiger partial charge in [0.05, 0.1) is 18.2 Å². The summed E-state index contributed by atoms with van der Waals surface area (Å²) in [5, 5.41) is 8.70. The quantitative estimate of drug-likeness (QED) is 0.826. The molecule has 1 aliphatic heterocycles. The third-order valence-electron chi connectivity index (χ3n) is 2.75. The van der Waals surface area contributed by atoms with E-state index in [1.165, 1.54) is 0 Å². The number of rotatable bonds is 2. The maximum Gasteiger partial charge on any atom is 0.414 e. The minimum Gasteiger partial charge on any atom is -0.449 e. The molecule has 1 atom stereocenters. The van der Waals surface area contributed by atoms with Crippen LogP contribution in [-0.4, -0.2) is 25.8 Å². The van der Waals surface area contributed by atoms with Gasteiger partial charge in [0.25, 0.3) is 0 Å². The molecule has 0 saturated carbocycles. The Morgan fingerprint density at radius 3 is 2.76 bits per heavy atom. The zero-order valence-corrected chi connectivity index (χ0v) is 9.30. The van der Waals surface area contributed by atoms with Gasteiger partial charge in [-0.3, -0.25) is 4.90 Å². The number of nitrogens with two attached hydrogens (primary N) is 1. The summed E-state index contributed by atoms with van der Waals surface area (Å²) < 4.78 is 5.05. The summed E-state index contributed by atoms with van der Waals surface area (Å²) in [6.07, 6.45) is -0.362. The number of hydrogen-bond acceptors (Lipinski definition) is 4. The number of hydrogen-bond donors (Lipinski definition) is 1. The lowest BCUT2D eigenvalue weighted by molar-refractivity contribution is 0.117. The van der Waals surface area contributed by atoms with E-state index in [-0.39, 0.29) is 12.0 Å². The maximum absolute atomic E-state index is 11.6. The van der Waals surface area contributed by atoms with Crippen molar-refractivity contribution in [3.63, 3.8) is 0 Å². The monoisotopic (exact) mass is 231 g/mol. The fourth-order valence-corrected chi connectivity index (χ4v) is 1.72. The number of anilines is 1. The van der Waals surface area contributed by atoms with Crippen molar-refractivity contribution < 1.29 is 9.53 Å². The van der Waals surface area contributed by atoms with Crippen molar-refractivity contribution in [2.75, 3.05) is 24.6 Å². The average Bonchev–Trinajstić information content (AvgIpc) is 2.39. The van der Waals surface area contributed by atoms with Gasteiger partial charge >= 0.3 is 6.09 Å². The molecule has 2 rings (SSSR count). The Kier molecular flexibility index (Phi) is 3.26. The highest BCUT2D eigenvalue weighted by atomic mass is 16.6. The molecule has 0 spiro atoms. The van der Waals surface area contributed by atoms with E-state index in [0.29, 0.717) is 25.3 Å². The highest BCUT2D eigenvalue weighted by Crippen LogP contribution is 2.20. The zero-order chi connectivity index (χ0) is 12.3. The normalized spacial score (nSPS) is 19.6. The maximum atomic E-state index is 11.6. The van der Waals surface area contributed by atoms with Crippen molar-refractivity contribution in [3.8, 4) is 6.07 Å². The molecule has 1 amide bonds. The predicted octanol–water partition coefficient (Wildman–Crippen LogP) is 1.09. The first-order valence-electron chi connectivity index (χ1n) is 5.39. The second kappa shape index (κ2) is 4.85. The van der Waals surface area contributed by atoms with E-state index in [2.05, 4.69) is 0 Å². The molecule has 1 aliphatic rings. The van der Waals surface area contributed by atoms with Crippen molar-refractivity contribution in [1.82, 2.24) is 0 Å². The molecule has 1 saturated heterocycles. The van der Waals surface area contributed by atoms with Crippen LogP contribution in [0.4, 0.5) is 10.5 Å². The van der Waals surface area contributed by atoms with E-state index in [9.17, 15) is 4.79 Å². The van der Waals surface area contributed by atoms with Crippen LogP contribution >= 0.6 is 0 Å². The molecule has 2 N–H and O–H groups in total. The number of carbonyl (C=O) groups is 1. The number of nitriles is 1. The number of ether oxygens (including phenoxy) is 1. The van der Waals surface area contributed by atoms with Gasteiger partial charge < -0.3 is 10.5 Å². The second-order valence-electron chi connectivity index (χ2n) is 3.95. The van der Waals surface area contributed by atoms with Gasteiger partial charge in [0.2, 0.25) is 0 Å². The Bertz CT molecular complexity index is 450. The van der Waals surface area contributed by atoms with E-state index >= 15 is 0 Å². The van der Waals surface area contributed by atoms with Gasteiger partial charge in [0.15, 0.2) is 0 Å². The minimum absolute atomic E-state index is 0.156. The van der Waals surface area contributed by atoms with Crippen LogP contribution in [-0.2, 0) is 4.74 Å². The van der Waals surface area contributed by atoms with Crippen LogP contribution < -0.4 is 10.6 Å². The zero-order valence-electron chi connectivity index (χ0n) is 9.30. The van der Waals surface area contributed by atoms with Gasteiger partial charge in [0.1, 0.15) is 0 Å². The SMILES string of the molecule is N#Cc1ccc(N2CC(CN)COC2=O)cc1. The van der Waals surface area contributed by atoms with Gasteiger partial charge in [-0.25, -0.2) is 4.79 Å². The molecular formula is C12H13N3O2. The first-order chi connectivity index (χ1) is 8.24. The van der Waals surface area contributed by atoms with Crippen molar-refractivity contribution in [3.05, 3.63) is 29.8 Å². The van der Waals surface area contributed by atoms with E-state index in [1.54, 1.807) is 29.2 Å². The third kappa shape index (κ3) is 2.37. The van der Waals surface area contributed by atoms with Crippen LogP contribution in [0, 0.1) is 17.2 Å². The van der Waals surface area contributed by atoms with Crippen LogP contribution in [0.1, 0.15) is 5.56 Å². The first kappa shape index (κ1) is 11.4. The van der Waals surface area contributed by atoms with Gasteiger partial charge in [-0.2, -0.15) is 5.26 Å². The number of benzene rings is 1. The predicted molar refractivity (Wildman–Crippen MR) is 62.4 cm³/mol. The van der Waals surface area contributed by atoms with Crippen LogP contribution in [0.15, 0.2) is 24.3 Å². The molecule has 1 heterocycles. The molecule has 5 nitrogen and oxygen atoms in total. The van der Waals surface area contributed by atoms with Gasteiger partial charge in [0, 0.05) is 24.7 Å². The molecular weight excluding hydrogens is 218 g/mol. The molecule has 5 heteroatoms. The standard InChI is InChI=1S/C12H13N3O2/c13-5-9-1-3-11(4-2-9)15-7-10(6-14)8-17-12(15)16/h1-4,10H,6-8,14H2. The molecule has 1 aromatic rings. The average molecular weight is 231 g/mol. The molecule has 0 bridgehead atoms. The fourth-order valence-electron chi connectivity index (χ4n) is 1.72. The number of cyclic esters (lactones) is 1. The summed E-state index contributed by atoms with van der Waals surface area (Å²) in [5.74, 6) is 0.156. The highest BCUT2D eigenvalue weighted by Gasteiger charge is 2.27. The van der Waals surface area contributed by atoms with E-state index < -0.39 is 0 Å². The lowest BCUT2D eigenvalue weighted by Crippen LogP contribution is -2.45. The summed E-state index contributed by atoms with van der Waals surface area (Å²) in [5.41, 5.74) is 6.87. The minimum atomic E-state index is -0.362. The molecule has 1 fully saturated rings. The lowest BCUT2D eigenvalue weighted by atomic mass is 10.1. The molecule has 17 heavy (non-hydrogen) atoms. The molecule has 0 aliphatic carbocycles. The van der Waals surface area contributed by atoms with Crippen molar-refractivity contribution >= 4 is 11.8 Å². The molecule has 1 aromatic carbocycles. The van der Waals surface area contributed by atoms with Crippen LogP contribution in [0.3, 0.4) is 0 Å². The van der Waals surface area contributed by atoms with Crippen LogP contribution in [0.5, 0.6) is 0 Å². The van der Waals surface area contributed by atoms with Crippen molar-refractivity contribution in [2.45, 2.75) is 0 Å². The van der Waals surface area contributed by atoms with Gasteiger partial charge in [-0.05, 0) is 24.3 Å². The Balaban J connectivity index is 2.19. The van der Waals surface area contributed by atoms with Crippen molar-refractivity contribution in [1.29, 1.82) is 5.26 Å².